The van der Waals surface area contributed by atoms with Crippen LogP contribution in [0.2, 0.25) is 0 Å². The Morgan fingerprint density at radius 2 is 1.61 bits per heavy atom. The molecule has 0 saturated carbocycles. The molecule has 4 nitrogen and oxygen atoms in total. The standard InChI is InChI=1S/C19H19N3O/c1-13-9-11-16(12-10-13)20-19(23)18-14(2)21-22(15(18)3)17-7-5-4-6-8-17/h4-12H,1-3H3,(H,20,23). The summed E-state index contributed by atoms with van der Waals surface area (Å²) in [4.78, 5) is 12.6. The van der Waals surface area contributed by atoms with Crippen molar-refractivity contribution in [3.05, 3.63) is 77.1 Å². The van der Waals surface area contributed by atoms with Crippen LogP contribution in [0.3, 0.4) is 0 Å². The van der Waals surface area contributed by atoms with Crippen LogP contribution in [0.1, 0.15) is 27.3 Å². The topological polar surface area (TPSA) is 46.9 Å². The highest BCUT2D eigenvalue weighted by Crippen LogP contribution is 2.19. The summed E-state index contributed by atoms with van der Waals surface area (Å²) < 4.78 is 1.80. The third-order valence-electron chi connectivity index (χ3n) is 3.83. The second-order valence-corrected chi connectivity index (χ2v) is 5.61. The van der Waals surface area contributed by atoms with Crippen LogP contribution in [0.25, 0.3) is 5.69 Å². The van der Waals surface area contributed by atoms with Crippen LogP contribution < -0.4 is 5.32 Å². The molecule has 0 aliphatic heterocycles. The van der Waals surface area contributed by atoms with E-state index in [2.05, 4.69) is 10.4 Å². The normalized spacial score (nSPS) is 10.6. The average Bonchev–Trinajstić information content (AvgIpc) is 2.85. The highest BCUT2D eigenvalue weighted by atomic mass is 16.1. The largest absolute Gasteiger partial charge is 0.322 e. The first-order valence-corrected chi connectivity index (χ1v) is 7.56. The summed E-state index contributed by atoms with van der Waals surface area (Å²) in [6.07, 6.45) is 0. The summed E-state index contributed by atoms with van der Waals surface area (Å²) in [6, 6.07) is 17.6. The minimum Gasteiger partial charge on any atom is -0.322 e. The van der Waals surface area contributed by atoms with E-state index in [-0.39, 0.29) is 5.91 Å². The summed E-state index contributed by atoms with van der Waals surface area (Å²) >= 11 is 0. The summed E-state index contributed by atoms with van der Waals surface area (Å²) in [5.41, 5.74) is 5.06. The highest BCUT2D eigenvalue weighted by Gasteiger charge is 2.19. The monoisotopic (exact) mass is 305 g/mol. The number of anilines is 1. The molecule has 0 atom stereocenters. The van der Waals surface area contributed by atoms with Crippen molar-refractivity contribution in [3.8, 4) is 5.69 Å². The quantitative estimate of drug-likeness (QED) is 0.793. The first kappa shape index (κ1) is 15.0. The van der Waals surface area contributed by atoms with Crippen molar-refractivity contribution in [2.24, 2.45) is 0 Å². The van der Waals surface area contributed by atoms with Crippen molar-refractivity contribution in [3.63, 3.8) is 0 Å². The van der Waals surface area contributed by atoms with Gasteiger partial charge < -0.3 is 5.32 Å². The summed E-state index contributed by atoms with van der Waals surface area (Å²) in [6.45, 7) is 5.79. The van der Waals surface area contributed by atoms with Crippen molar-refractivity contribution < 1.29 is 4.79 Å². The lowest BCUT2D eigenvalue weighted by Crippen LogP contribution is -2.14. The number of nitrogens with one attached hydrogen (secondary N) is 1. The number of amides is 1. The van der Waals surface area contributed by atoms with Gasteiger partial charge in [-0.25, -0.2) is 4.68 Å². The number of rotatable bonds is 3. The van der Waals surface area contributed by atoms with Gasteiger partial charge in [0.1, 0.15) is 0 Å². The number of aromatic nitrogens is 2. The molecule has 1 heterocycles. The molecule has 2 aromatic carbocycles. The van der Waals surface area contributed by atoms with Gasteiger partial charge in [-0.05, 0) is 45.0 Å². The van der Waals surface area contributed by atoms with Gasteiger partial charge in [0.2, 0.25) is 0 Å². The molecular weight excluding hydrogens is 286 g/mol. The third-order valence-corrected chi connectivity index (χ3v) is 3.83. The first-order chi connectivity index (χ1) is 11.1. The van der Waals surface area contributed by atoms with Crippen LogP contribution in [0.4, 0.5) is 5.69 Å². The van der Waals surface area contributed by atoms with E-state index in [0.717, 1.165) is 28.3 Å². The zero-order chi connectivity index (χ0) is 16.4. The molecule has 116 valence electrons. The van der Waals surface area contributed by atoms with Crippen LogP contribution in [0.5, 0.6) is 0 Å². The Bertz CT molecular complexity index is 833. The molecule has 23 heavy (non-hydrogen) atoms. The predicted molar refractivity (Wildman–Crippen MR) is 92.2 cm³/mol. The van der Waals surface area contributed by atoms with Gasteiger partial charge in [-0.3, -0.25) is 4.79 Å². The molecule has 1 amide bonds. The maximum absolute atomic E-state index is 12.6. The number of nitrogens with zero attached hydrogens (tertiary/aromatic N) is 2. The van der Waals surface area contributed by atoms with Crippen molar-refractivity contribution in [1.82, 2.24) is 9.78 Å². The Morgan fingerprint density at radius 3 is 2.26 bits per heavy atom. The van der Waals surface area contributed by atoms with Crippen molar-refractivity contribution >= 4 is 11.6 Å². The van der Waals surface area contributed by atoms with E-state index in [4.69, 9.17) is 0 Å². The van der Waals surface area contributed by atoms with Gasteiger partial charge in [0.25, 0.3) is 5.91 Å². The molecule has 4 heteroatoms. The van der Waals surface area contributed by atoms with Crippen LogP contribution in [0.15, 0.2) is 54.6 Å². The summed E-state index contributed by atoms with van der Waals surface area (Å²) in [5, 5.41) is 7.45. The van der Waals surface area contributed by atoms with Crippen molar-refractivity contribution in [1.29, 1.82) is 0 Å². The fourth-order valence-electron chi connectivity index (χ4n) is 2.62. The lowest BCUT2D eigenvalue weighted by Gasteiger charge is -2.07. The number of para-hydroxylation sites is 1. The molecule has 0 radical (unpaired) electrons. The van der Waals surface area contributed by atoms with E-state index in [1.54, 1.807) is 4.68 Å². The maximum Gasteiger partial charge on any atom is 0.259 e. The zero-order valence-corrected chi connectivity index (χ0v) is 13.5. The molecule has 0 bridgehead atoms. The number of hydrogen-bond acceptors (Lipinski definition) is 2. The van der Waals surface area contributed by atoms with Gasteiger partial charge in [-0.15, -0.1) is 0 Å². The summed E-state index contributed by atoms with van der Waals surface area (Å²) in [7, 11) is 0. The molecule has 0 unspecified atom stereocenters. The van der Waals surface area contributed by atoms with E-state index < -0.39 is 0 Å². The van der Waals surface area contributed by atoms with Gasteiger partial charge in [0.05, 0.1) is 22.6 Å². The molecule has 1 N–H and O–H groups in total. The number of aryl methyl sites for hydroxylation is 2. The predicted octanol–water partition coefficient (Wildman–Crippen LogP) is 4.05. The van der Waals surface area contributed by atoms with E-state index in [9.17, 15) is 4.79 Å². The minimum absolute atomic E-state index is 0.133. The number of hydrogen-bond donors (Lipinski definition) is 1. The fourth-order valence-corrected chi connectivity index (χ4v) is 2.62. The molecular formula is C19H19N3O. The van der Waals surface area contributed by atoms with Crippen molar-refractivity contribution in [2.45, 2.75) is 20.8 Å². The van der Waals surface area contributed by atoms with Crippen molar-refractivity contribution in [2.75, 3.05) is 5.32 Å². The van der Waals surface area contributed by atoms with Gasteiger partial charge in [0.15, 0.2) is 0 Å². The molecule has 0 fully saturated rings. The first-order valence-electron chi connectivity index (χ1n) is 7.56. The second kappa shape index (κ2) is 6.08. The van der Waals surface area contributed by atoms with E-state index in [1.165, 1.54) is 0 Å². The van der Waals surface area contributed by atoms with Gasteiger partial charge in [-0.1, -0.05) is 35.9 Å². The van der Waals surface area contributed by atoms with Crippen LogP contribution in [-0.2, 0) is 0 Å². The van der Waals surface area contributed by atoms with E-state index >= 15 is 0 Å². The molecule has 3 rings (SSSR count). The van der Waals surface area contributed by atoms with Gasteiger partial charge in [-0.2, -0.15) is 5.10 Å². The maximum atomic E-state index is 12.6. The Labute approximate surface area is 135 Å². The molecule has 0 aliphatic carbocycles. The molecule has 1 aromatic heterocycles. The SMILES string of the molecule is Cc1ccc(NC(=O)c2c(C)nn(-c3ccccc3)c2C)cc1. The number of carbonyl (C=O) groups excluding carboxylic acids is 1. The van der Waals surface area contributed by atoms with Gasteiger partial charge >= 0.3 is 0 Å². The smallest absolute Gasteiger partial charge is 0.259 e. The highest BCUT2D eigenvalue weighted by molar-refractivity contribution is 6.05. The van der Waals surface area contributed by atoms with E-state index in [0.29, 0.717) is 5.56 Å². The van der Waals surface area contributed by atoms with Crippen LogP contribution in [0, 0.1) is 20.8 Å². The Kier molecular flexibility index (Phi) is 3.98. The van der Waals surface area contributed by atoms with Crippen LogP contribution in [-0.4, -0.2) is 15.7 Å². The summed E-state index contributed by atoms with van der Waals surface area (Å²) in [5.74, 6) is -0.133. The Morgan fingerprint density at radius 1 is 0.957 bits per heavy atom. The molecule has 0 aliphatic rings. The second-order valence-electron chi connectivity index (χ2n) is 5.61. The van der Waals surface area contributed by atoms with Crippen LogP contribution >= 0.6 is 0 Å². The molecule has 0 spiro atoms. The molecule has 0 saturated heterocycles. The Balaban J connectivity index is 1.92. The zero-order valence-electron chi connectivity index (χ0n) is 13.5. The number of benzene rings is 2. The lowest BCUT2D eigenvalue weighted by atomic mass is 10.1. The lowest BCUT2D eigenvalue weighted by molar-refractivity contribution is 0.102. The minimum atomic E-state index is -0.133. The number of carbonyl (C=O) groups is 1. The fraction of sp³-hybridized carbons (Fsp3) is 0.158. The average molecular weight is 305 g/mol. The Hall–Kier alpha value is -2.88. The molecule has 3 aromatic rings. The van der Waals surface area contributed by atoms with Gasteiger partial charge in [0, 0.05) is 5.69 Å². The third kappa shape index (κ3) is 3.01. The van der Waals surface area contributed by atoms with E-state index in [1.807, 2.05) is 75.4 Å².